The van der Waals surface area contributed by atoms with E-state index in [1.165, 1.54) is 11.1 Å². The van der Waals surface area contributed by atoms with Gasteiger partial charge in [0.1, 0.15) is 47.2 Å². The van der Waals surface area contributed by atoms with Gasteiger partial charge in [0.15, 0.2) is 0 Å². The fourth-order valence-corrected chi connectivity index (χ4v) is 3.04. The molecule has 0 aliphatic rings. The van der Waals surface area contributed by atoms with Gasteiger partial charge in [0, 0.05) is 11.8 Å². The number of alkyl halides is 1. The Morgan fingerprint density at radius 1 is 0.926 bits per heavy atom. The van der Waals surface area contributed by atoms with Gasteiger partial charge < -0.3 is 17.6 Å². The lowest BCUT2D eigenvalue weighted by Gasteiger charge is -2.26. The summed E-state index contributed by atoms with van der Waals surface area (Å²) in [7, 11) is 0. The maximum atomic E-state index is 9.48. The fourth-order valence-electron chi connectivity index (χ4n) is 2.64. The van der Waals surface area contributed by atoms with Gasteiger partial charge in [-0.15, -0.1) is 11.6 Å². The molecule has 0 unspecified atom stereocenters. The van der Waals surface area contributed by atoms with Gasteiger partial charge >= 0.3 is 0 Å². The smallest absolute Gasteiger partial charge is 0.119 e. The summed E-state index contributed by atoms with van der Waals surface area (Å²) in [6, 6.07) is 16.2. The molecular formula is C21H26ClIO4. The molecule has 2 aromatic carbocycles. The molecule has 0 spiro atoms. The number of benzene rings is 2. The van der Waals surface area contributed by atoms with E-state index < -0.39 is 6.10 Å². The first-order valence-corrected chi connectivity index (χ1v) is 10.3. The quantitative estimate of drug-likeness (QED) is 0.262. The molecule has 0 radical (unpaired) electrons. The van der Waals surface area contributed by atoms with E-state index in [0.717, 1.165) is 17.9 Å². The molecule has 0 aromatic heterocycles. The van der Waals surface area contributed by atoms with Crippen molar-refractivity contribution in [3.63, 3.8) is 0 Å². The SMILES string of the molecule is CC(C)(c1ccc(OCCCOI)cc1)c1ccc(OC[C@@H](O)CCl)cc1. The highest BCUT2D eigenvalue weighted by Gasteiger charge is 2.23. The molecule has 27 heavy (non-hydrogen) atoms. The van der Waals surface area contributed by atoms with Crippen LogP contribution in [0.2, 0.25) is 0 Å². The fraction of sp³-hybridized carbons (Fsp3) is 0.429. The first-order chi connectivity index (χ1) is 13.0. The number of hydrogen-bond donors (Lipinski definition) is 1. The van der Waals surface area contributed by atoms with Gasteiger partial charge in [-0.3, -0.25) is 0 Å². The van der Waals surface area contributed by atoms with E-state index in [1.807, 2.05) is 47.3 Å². The van der Waals surface area contributed by atoms with Crippen molar-refractivity contribution in [1.29, 1.82) is 0 Å². The van der Waals surface area contributed by atoms with Crippen LogP contribution >= 0.6 is 34.6 Å². The number of aliphatic hydroxyl groups is 1. The van der Waals surface area contributed by atoms with E-state index in [2.05, 4.69) is 38.1 Å². The van der Waals surface area contributed by atoms with Crippen LogP contribution in [0.1, 0.15) is 31.4 Å². The lowest BCUT2D eigenvalue weighted by Crippen LogP contribution is -2.20. The molecule has 1 N–H and O–H groups in total. The second kappa shape index (κ2) is 11.1. The average molecular weight is 505 g/mol. The summed E-state index contributed by atoms with van der Waals surface area (Å²) in [6.07, 6.45) is 0.213. The Balaban J connectivity index is 2.00. The molecular weight excluding hydrogens is 479 g/mol. The maximum absolute atomic E-state index is 9.48. The summed E-state index contributed by atoms with van der Waals surface area (Å²) in [5.41, 5.74) is 2.24. The van der Waals surface area contributed by atoms with E-state index >= 15 is 0 Å². The van der Waals surface area contributed by atoms with Crippen molar-refractivity contribution in [3.8, 4) is 11.5 Å². The Labute approximate surface area is 180 Å². The number of hydrogen-bond acceptors (Lipinski definition) is 4. The Morgan fingerprint density at radius 2 is 1.44 bits per heavy atom. The summed E-state index contributed by atoms with van der Waals surface area (Å²) in [5.74, 6) is 1.75. The third-order valence-electron chi connectivity index (χ3n) is 4.41. The molecule has 2 rings (SSSR count). The highest BCUT2D eigenvalue weighted by atomic mass is 127. The molecule has 0 amide bonds. The predicted octanol–water partition coefficient (Wildman–Crippen LogP) is 5.13. The Morgan fingerprint density at radius 3 is 1.93 bits per heavy atom. The molecule has 148 valence electrons. The number of halogens is 2. The van der Waals surface area contributed by atoms with Crippen LogP contribution in [-0.4, -0.2) is 36.9 Å². The monoisotopic (exact) mass is 504 g/mol. The zero-order valence-electron chi connectivity index (χ0n) is 15.7. The molecule has 0 heterocycles. The van der Waals surface area contributed by atoms with Crippen LogP contribution in [-0.2, 0) is 8.48 Å². The third-order valence-corrected chi connectivity index (χ3v) is 5.20. The molecule has 0 aliphatic carbocycles. The Bertz CT molecular complexity index is 674. The van der Waals surface area contributed by atoms with E-state index in [4.69, 9.17) is 24.1 Å². The van der Waals surface area contributed by atoms with Crippen molar-refractivity contribution in [2.24, 2.45) is 0 Å². The van der Waals surface area contributed by atoms with Crippen LogP contribution in [0.15, 0.2) is 48.5 Å². The van der Waals surface area contributed by atoms with Crippen LogP contribution in [0.3, 0.4) is 0 Å². The minimum Gasteiger partial charge on any atom is -0.494 e. The number of ether oxygens (including phenoxy) is 2. The molecule has 4 nitrogen and oxygen atoms in total. The second-order valence-corrected chi connectivity index (χ2v) is 7.74. The summed E-state index contributed by atoms with van der Waals surface area (Å²) < 4.78 is 16.3. The topological polar surface area (TPSA) is 47.9 Å². The van der Waals surface area contributed by atoms with Crippen LogP contribution in [0.5, 0.6) is 11.5 Å². The minimum absolute atomic E-state index is 0.151. The first kappa shape index (κ1) is 22.3. The Kier molecular flexibility index (Phi) is 9.15. The van der Waals surface area contributed by atoms with E-state index in [9.17, 15) is 5.11 Å². The zero-order valence-corrected chi connectivity index (χ0v) is 18.6. The zero-order chi connectivity index (χ0) is 19.7. The van der Waals surface area contributed by atoms with E-state index in [1.54, 1.807) is 0 Å². The van der Waals surface area contributed by atoms with Crippen LogP contribution in [0.4, 0.5) is 0 Å². The molecule has 2 aromatic rings. The van der Waals surface area contributed by atoms with Crippen LogP contribution in [0, 0.1) is 0 Å². The van der Waals surface area contributed by atoms with Gasteiger partial charge in [0.05, 0.1) is 19.1 Å². The van der Waals surface area contributed by atoms with Crippen molar-refractivity contribution in [1.82, 2.24) is 0 Å². The van der Waals surface area contributed by atoms with Crippen LogP contribution < -0.4 is 9.47 Å². The standard InChI is InChI=1S/C21H26ClIO4/c1-21(2,16-4-8-19(9-5-16)25-12-3-13-27-23)17-6-10-20(11-7-17)26-15-18(24)14-22/h4-11,18,24H,3,12-15H2,1-2H3/t18-/m0/s1. The number of rotatable bonds is 11. The largest absolute Gasteiger partial charge is 0.494 e. The molecule has 0 saturated carbocycles. The van der Waals surface area contributed by atoms with Gasteiger partial charge in [-0.05, 0) is 35.4 Å². The van der Waals surface area contributed by atoms with Gasteiger partial charge in [0.25, 0.3) is 0 Å². The normalized spacial score (nSPS) is 12.6. The van der Waals surface area contributed by atoms with E-state index in [0.29, 0.717) is 13.2 Å². The van der Waals surface area contributed by atoms with Crippen molar-refractivity contribution < 1.29 is 17.6 Å². The highest BCUT2D eigenvalue weighted by molar-refractivity contribution is 14.1. The van der Waals surface area contributed by atoms with Crippen molar-refractivity contribution in [2.75, 3.05) is 25.7 Å². The van der Waals surface area contributed by atoms with Gasteiger partial charge in [-0.25, -0.2) is 0 Å². The van der Waals surface area contributed by atoms with Crippen LogP contribution in [0.25, 0.3) is 0 Å². The molecule has 1 atom stereocenters. The molecule has 0 bridgehead atoms. The van der Waals surface area contributed by atoms with E-state index in [-0.39, 0.29) is 17.9 Å². The lowest BCUT2D eigenvalue weighted by atomic mass is 9.78. The minimum atomic E-state index is -0.655. The summed E-state index contributed by atoms with van der Waals surface area (Å²) in [6.45, 7) is 5.90. The van der Waals surface area contributed by atoms with Crippen molar-refractivity contribution >= 4 is 34.6 Å². The van der Waals surface area contributed by atoms with Crippen molar-refractivity contribution in [2.45, 2.75) is 31.8 Å². The summed E-state index contributed by atoms with van der Waals surface area (Å²) in [4.78, 5) is 0. The highest BCUT2D eigenvalue weighted by Crippen LogP contribution is 2.33. The van der Waals surface area contributed by atoms with Crippen molar-refractivity contribution in [3.05, 3.63) is 59.7 Å². The summed E-state index contributed by atoms with van der Waals surface area (Å²) in [5, 5.41) is 9.48. The second-order valence-electron chi connectivity index (χ2n) is 6.81. The molecule has 0 fully saturated rings. The maximum Gasteiger partial charge on any atom is 0.119 e. The summed E-state index contributed by atoms with van der Waals surface area (Å²) >= 11 is 7.47. The van der Waals surface area contributed by atoms with Gasteiger partial charge in [-0.2, -0.15) is 0 Å². The Hall–Kier alpha value is -1.02. The van der Waals surface area contributed by atoms with Gasteiger partial charge in [-0.1, -0.05) is 38.1 Å². The molecule has 0 saturated heterocycles. The van der Waals surface area contributed by atoms with Gasteiger partial charge in [0.2, 0.25) is 0 Å². The number of aliphatic hydroxyl groups excluding tert-OH is 1. The molecule has 0 aliphatic heterocycles. The molecule has 6 heteroatoms. The lowest BCUT2D eigenvalue weighted by molar-refractivity contribution is 0.125. The predicted molar refractivity (Wildman–Crippen MR) is 117 cm³/mol. The third kappa shape index (κ3) is 6.82. The first-order valence-electron chi connectivity index (χ1n) is 8.91. The average Bonchev–Trinajstić information content (AvgIpc) is 2.70.